The molecular formula is C22H24N2O2. The van der Waals surface area contributed by atoms with Gasteiger partial charge in [-0.05, 0) is 64.0 Å². The summed E-state index contributed by atoms with van der Waals surface area (Å²) in [5.41, 5.74) is 5.24. The van der Waals surface area contributed by atoms with Crippen molar-refractivity contribution in [3.05, 3.63) is 59.7 Å². The number of hydrogen-bond donors (Lipinski definition) is 1. The molecule has 0 unspecified atom stereocenters. The van der Waals surface area contributed by atoms with E-state index in [2.05, 4.69) is 42.9 Å². The van der Waals surface area contributed by atoms with Crippen molar-refractivity contribution >= 4 is 22.1 Å². The van der Waals surface area contributed by atoms with Gasteiger partial charge in [-0.15, -0.1) is 0 Å². The number of ether oxygens (including phenoxy) is 1. The third kappa shape index (κ3) is 4.20. The highest BCUT2D eigenvalue weighted by Gasteiger charge is 2.09. The van der Waals surface area contributed by atoms with E-state index in [0.717, 1.165) is 12.8 Å². The van der Waals surface area contributed by atoms with Gasteiger partial charge in [0.15, 0.2) is 0 Å². The number of allylic oxidation sites excluding steroid dienone is 3. The number of benzene rings is 2. The maximum Gasteiger partial charge on any atom is 0.147 e. The van der Waals surface area contributed by atoms with Gasteiger partial charge in [-0.3, -0.25) is 0 Å². The number of phenols is 1. The van der Waals surface area contributed by atoms with Crippen LogP contribution in [0.15, 0.2) is 59.7 Å². The normalized spacial score (nSPS) is 11.7. The topological polar surface area (TPSA) is 55.2 Å². The number of rotatable bonds is 6. The Bertz CT molecular complexity index is 986. The smallest absolute Gasteiger partial charge is 0.147 e. The number of nitrogens with zero attached hydrogens (tertiary/aromatic N) is 2. The minimum Gasteiger partial charge on any atom is -0.506 e. The van der Waals surface area contributed by atoms with Gasteiger partial charge in [0.25, 0.3) is 0 Å². The Hall–Kier alpha value is -2.88. The number of aromatic nitrogens is 2. The van der Waals surface area contributed by atoms with Crippen molar-refractivity contribution in [2.75, 3.05) is 6.61 Å². The third-order valence-corrected chi connectivity index (χ3v) is 4.20. The van der Waals surface area contributed by atoms with E-state index < -0.39 is 0 Å². The molecular weight excluding hydrogens is 324 g/mol. The Morgan fingerprint density at radius 3 is 2.42 bits per heavy atom. The number of phenolic OH excluding ortho intramolecular Hbond substituents is 1. The zero-order valence-electron chi connectivity index (χ0n) is 15.5. The lowest BCUT2D eigenvalue weighted by Gasteiger charge is -2.08. The van der Waals surface area contributed by atoms with Gasteiger partial charge in [-0.2, -0.15) is 0 Å². The molecule has 3 rings (SSSR count). The fourth-order valence-corrected chi connectivity index (χ4v) is 2.76. The predicted octanol–water partition coefficient (Wildman–Crippen LogP) is 5.56. The maximum atomic E-state index is 9.96. The van der Waals surface area contributed by atoms with Crippen LogP contribution in [0.25, 0.3) is 22.1 Å². The monoisotopic (exact) mass is 348 g/mol. The second-order valence-corrected chi connectivity index (χ2v) is 6.67. The average molecular weight is 348 g/mol. The highest BCUT2D eigenvalue weighted by atomic mass is 16.5. The van der Waals surface area contributed by atoms with Crippen LogP contribution in [0.1, 0.15) is 33.6 Å². The summed E-state index contributed by atoms with van der Waals surface area (Å²) in [6, 6.07) is 10.9. The molecule has 3 aromatic rings. The Morgan fingerprint density at radius 2 is 1.65 bits per heavy atom. The molecule has 0 spiro atoms. The molecule has 0 aliphatic carbocycles. The molecule has 0 saturated heterocycles. The Labute approximate surface area is 153 Å². The molecule has 1 N–H and O–H groups in total. The number of hydrogen-bond acceptors (Lipinski definition) is 4. The zero-order chi connectivity index (χ0) is 18.5. The molecule has 1 aromatic heterocycles. The lowest BCUT2D eigenvalue weighted by atomic mass is 10.1. The minimum atomic E-state index is 0.137. The molecule has 4 nitrogen and oxygen atoms in total. The zero-order valence-corrected chi connectivity index (χ0v) is 15.5. The predicted molar refractivity (Wildman–Crippen MR) is 107 cm³/mol. The average Bonchev–Trinajstić information content (AvgIpc) is 2.61. The van der Waals surface area contributed by atoms with Crippen molar-refractivity contribution in [3.8, 4) is 11.5 Å². The van der Waals surface area contributed by atoms with Crippen molar-refractivity contribution in [3.63, 3.8) is 0 Å². The van der Waals surface area contributed by atoms with E-state index in [1.165, 1.54) is 11.1 Å². The summed E-state index contributed by atoms with van der Waals surface area (Å²) in [5.74, 6) is 0.840. The van der Waals surface area contributed by atoms with Crippen molar-refractivity contribution in [1.29, 1.82) is 0 Å². The molecule has 0 aliphatic heterocycles. The van der Waals surface area contributed by atoms with Gasteiger partial charge in [0, 0.05) is 0 Å². The van der Waals surface area contributed by atoms with Crippen molar-refractivity contribution in [2.45, 2.75) is 33.6 Å². The second kappa shape index (κ2) is 8.00. The van der Waals surface area contributed by atoms with Crippen LogP contribution in [0.4, 0.5) is 0 Å². The van der Waals surface area contributed by atoms with Crippen LogP contribution in [0, 0.1) is 0 Å². The standard InChI is InChI=1S/C22H24N2O2/c1-15(2)7-4-8-16(3)13-14-26-20-12-6-10-18-22(20)24-17-9-5-11-19(25)21(17)23-18/h5-7,9-13,25H,4,8,14H2,1-3H3. The first-order chi connectivity index (χ1) is 12.5. The first-order valence-corrected chi connectivity index (χ1v) is 8.85. The summed E-state index contributed by atoms with van der Waals surface area (Å²) >= 11 is 0. The lowest BCUT2D eigenvalue weighted by Crippen LogP contribution is -1.97. The Kier molecular flexibility index (Phi) is 5.52. The number of para-hydroxylation sites is 2. The first kappa shape index (κ1) is 17.9. The van der Waals surface area contributed by atoms with Crippen LogP contribution in [0.5, 0.6) is 11.5 Å². The van der Waals surface area contributed by atoms with Gasteiger partial charge >= 0.3 is 0 Å². The van der Waals surface area contributed by atoms with Crippen LogP contribution in [-0.4, -0.2) is 21.7 Å². The van der Waals surface area contributed by atoms with Crippen molar-refractivity contribution < 1.29 is 9.84 Å². The van der Waals surface area contributed by atoms with Gasteiger partial charge < -0.3 is 9.84 Å². The van der Waals surface area contributed by atoms with E-state index in [1.54, 1.807) is 12.1 Å². The van der Waals surface area contributed by atoms with Gasteiger partial charge in [-0.25, -0.2) is 9.97 Å². The fourth-order valence-electron chi connectivity index (χ4n) is 2.76. The molecule has 26 heavy (non-hydrogen) atoms. The Morgan fingerprint density at radius 1 is 0.962 bits per heavy atom. The van der Waals surface area contributed by atoms with Crippen LogP contribution < -0.4 is 4.74 Å². The summed E-state index contributed by atoms with van der Waals surface area (Å²) in [6.07, 6.45) is 6.45. The fraction of sp³-hybridized carbons (Fsp3) is 0.273. The highest BCUT2D eigenvalue weighted by molar-refractivity contribution is 5.91. The molecule has 2 aromatic carbocycles. The van der Waals surface area contributed by atoms with E-state index in [1.807, 2.05) is 24.3 Å². The Balaban J connectivity index is 1.79. The van der Waals surface area contributed by atoms with Crippen molar-refractivity contribution in [1.82, 2.24) is 9.97 Å². The van der Waals surface area contributed by atoms with Crippen LogP contribution in [0.3, 0.4) is 0 Å². The molecule has 0 saturated carbocycles. The lowest BCUT2D eigenvalue weighted by molar-refractivity contribution is 0.365. The first-order valence-electron chi connectivity index (χ1n) is 8.85. The number of fused-ring (bicyclic) bond motifs is 2. The van der Waals surface area contributed by atoms with E-state index in [-0.39, 0.29) is 5.75 Å². The minimum absolute atomic E-state index is 0.137. The SMILES string of the molecule is CC(C)=CCCC(C)=CCOc1cccc2nc3c(O)cccc3nc12. The molecule has 0 radical (unpaired) electrons. The van der Waals surface area contributed by atoms with Gasteiger partial charge in [0.1, 0.15) is 29.1 Å². The largest absolute Gasteiger partial charge is 0.506 e. The second-order valence-electron chi connectivity index (χ2n) is 6.67. The molecule has 0 atom stereocenters. The van der Waals surface area contributed by atoms with Crippen LogP contribution in [0.2, 0.25) is 0 Å². The molecule has 4 heteroatoms. The quantitative estimate of drug-likeness (QED) is 0.468. The molecule has 0 aliphatic rings. The summed E-state index contributed by atoms with van der Waals surface area (Å²) < 4.78 is 5.94. The summed E-state index contributed by atoms with van der Waals surface area (Å²) in [7, 11) is 0. The summed E-state index contributed by atoms with van der Waals surface area (Å²) in [5, 5.41) is 9.96. The summed E-state index contributed by atoms with van der Waals surface area (Å²) in [4.78, 5) is 9.15. The van der Waals surface area contributed by atoms with E-state index in [4.69, 9.17) is 4.74 Å². The van der Waals surface area contributed by atoms with E-state index in [0.29, 0.717) is 34.4 Å². The van der Waals surface area contributed by atoms with Gasteiger partial charge in [0.05, 0.1) is 11.0 Å². The summed E-state index contributed by atoms with van der Waals surface area (Å²) in [6.45, 7) is 6.86. The third-order valence-electron chi connectivity index (χ3n) is 4.20. The van der Waals surface area contributed by atoms with E-state index in [9.17, 15) is 5.11 Å². The molecule has 134 valence electrons. The highest BCUT2D eigenvalue weighted by Crippen LogP contribution is 2.28. The molecule has 1 heterocycles. The van der Waals surface area contributed by atoms with Gasteiger partial charge in [0.2, 0.25) is 0 Å². The molecule has 0 bridgehead atoms. The van der Waals surface area contributed by atoms with E-state index >= 15 is 0 Å². The maximum absolute atomic E-state index is 9.96. The molecule has 0 fully saturated rings. The van der Waals surface area contributed by atoms with Crippen LogP contribution >= 0.6 is 0 Å². The van der Waals surface area contributed by atoms with Gasteiger partial charge in [-0.1, -0.05) is 29.4 Å². The molecule has 0 amide bonds. The van der Waals surface area contributed by atoms with Crippen LogP contribution in [-0.2, 0) is 0 Å². The van der Waals surface area contributed by atoms with Crippen molar-refractivity contribution in [2.24, 2.45) is 0 Å². The number of aromatic hydroxyl groups is 1.